The van der Waals surface area contributed by atoms with E-state index in [0.29, 0.717) is 18.8 Å². The Morgan fingerprint density at radius 2 is 1.86 bits per heavy atom. The summed E-state index contributed by atoms with van der Waals surface area (Å²) in [5.74, 6) is 0.577. The number of aliphatic hydroxyl groups is 1. The van der Waals surface area contributed by atoms with Gasteiger partial charge < -0.3 is 14.8 Å². The average Bonchev–Trinajstić information content (AvgIpc) is 3.02. The third kappa shape index (κ3) is 2.99. The van der Waals surface area contributed by atoms with Crippen LogP contribution in [-0.4, -0.2) is 11.7 Å². The average molecular weight is 281 g/mol. The van der Waals surface area contributed by atoms with Gasteiger partial charge in [-0.2, -0.15) is 0 Å². The van der Waals surface area contributed by atoms with E-state index >= 15 is 0 Å². The zero-order chi connectivity index (χ0) is 14.7. The molecular weight excluding hydrogens is 262 g/mol. The van der Waals surface area contributed by atoms with E-state index in [9.17, 15) is 5.11 Å². The van der Waals surface area contributed by atoms with Crippen LogP contribution < -0.4 is 5.32 Å². The van der Waals surface area contributed by atoms with Crippen LogP contribution in [0.25, 0.3) is 10.8 Å². The van der Waals surface area contributed by atoms with Gasteiger partial charge in [-0.15, -0.1) is 0 Å². The van der Waals surface area contributed by atoms with E-state index in [1.807, 2.05) is 12.1 Å². The number of rotatable bonds is 5. The third-order valence-electron chi connectivity index (χ3n) is 3.72. The minimum absolute atomic E-state index is 0.434. The molecule has 1 atom stereocenters. The van der Waals surface area contributed by atoms with Crippen LogP contribution in [-0.2, 0) is 12.1 Å². The van der Waals surface area contributed by atoms with E-state index in [-0.39, 0.29) is 0 Å². The maximum absolute atomic E-state index is 10.4. The summed E-state index contributed by atoms with van der Waals surface area (Å²) >= 11 is 0. The minimum Gasteiger partial charge on any atom is -0.466 e. The van der Waals surface area contributed by atoms with Gasteiger partial charge in [-0.3, -0.25) is 0 Å². The Morgan fingerprint density at radius 1 is 1.05 bits per heavy atom. The molecule has 3 rings (SSSR count). The second kappa shape index (κ2) is 5.72. The van der Waals surface area contributed by atoms with Crippen molar-refractivity contribution in [3.63, 3.8) is 0 Å². The van der Waals surface area contributed by atoms with E-state index in [1.54, 1.807) is 25.3 Å². The van der Waals surface area contributed by atoms with Gasteiger partial charge in [0.05, 0.1) is 6.26 Å². The summed E-state index contributed by atoms with van der Waals surface area (Å²) in [5, 5.41) is 16.2. The van der Waals surface area contributed by atoms with Crippen LogP contribution >= 0.6 is 0 Å². The van der Waals surface area contributed by atoms with Gasteiger partial charge in [0, 0.05) is 13.1 Å². The topological polar surface area (TPSA) is 45.4 Å². The lowest BCUT2D eigenvalue weighted by molar-refractivity contribution is 0.0340. The predicted molar refractivity (Wildman–Crippen MR) is 83.9 cm³/mol. The number of furan rings is 1. The van der Waals surface area contributed by atoms with Gasteiger partial charge in [0.1, 0.15) is 11.4 Å². The van der Waals surface area contributed by atoms with Crippen LogP contribution in [0.2, 0.25) is 0 Å². The summed E-state index contributed by atoms with van der Waals surface area (Å²) in [4.78, 5) is 0. The van der Waals surface area contributed by atoms with Gasteiger partial charge in [-0.05, 0) is 35.4 Å². The summed E-state index contributed by atoms with van der Waals surface area (Å²) in [6.45, 7) is 2.89. The predicted octanol–water partition coefficient (Wildman–Crippen LogP) is 3.43. The SMILES string of the molecule is CC(O)(CNCc1cccc2ccccc12)c1ccco1. The molecule has 1 aromatic heterocycles. The van der Waals surface area contributed by atoms with E-state index < -0.39 is 5.60 Å². The Bertz CT molecular complexity index is 712. The molecule has 0 spiro atoms. The summed E-state index contributed by atoms with van der Waals surface area (Å²) in [7, 11) is 0. The van der Waals surface area contributed by atoms with Crippen molar-refractivity contribution in [3.8, 4) is 0 Å². The van der Waals surface area contributed by atoms with Crippen LogP contribution in [0.3, 0.4) is 0 Å². The fourth-order valence-electron chi connectivity index (χ4n) is 2.56. The molecule has 0 fully saturated rings. The molecule has 0 aliphatic carbocycles. The van der Waals surface area contributed by atoms with Gasteiger partial charge >= 0.3 is 0 Å². The maximum Gasteiger partial charge on any atom is 0.136 e. The Morgan fingerprint density at radius 3 is 2.67 bits per heavy atom. The van der Waals surface area contributed by atoms with Gasteiger partial charge in [0.2, 0.25) is 0 Å². The van der Waals surface area contributed by atoms with E-state index in [2.05, 4.69) is 35.6 Å². The Hall–Kier alpha value is -2.10. The van der Waals surface area contributed by atoms with Gasteiger partial charge in [-0.25, -0.2) is 0 Å². The van der Waals surface area contributed by atoms with Crippen LogP contribution in [0.4, 0.5) is 0 Å². The van der Waals surface area contributed by atoms with E-state index in [0.717, 1.165) is 0 Å². The lowest BCUT2D eigenvalue weighted by Gasteiger charge is -2.21. The summed E-state index contributed by atoms with van der Waals surface area (Å²) in [5.41, 5.74) is 0.219. The molecule has 0 bridgehead atoms. The first-order valence-corrected chi connectivity index (χ1v) is 7.10. The molecule has 0 radical (unpaired) electrons. The molecule has 108 valence electrons. The highest BCUT2D eigenvalue weighted by atomic mass is 16.4. The highest BCUT2D eigenvalue weighted by Gasteiger charge is 2.25. The van der Waals surface area contributed by atoms with Crippen molar-refractivity contribution in [3.05, 3.63) is 72.2 Å². The van der Waals surface area contributed by atoms with Crippen molar-refractivity contribution in [1.82, 2.24) is 5.32 Å². The monoisotopic (exact) mass is 281 g/mol. The molecule has 3 nitrogen and oxygen atoms in total. The van der Waals surface area contributed by atoms with Crippen LogP contribution in [0, 0.1) is 0 Å². The van der Waals surface area contributed by atoms with Crippen LogP contribution in [0.5, 0.6) is 0 Å². The van der Waals surface area contributed by atoms with Crippen molar-refractivity contribution >= 4 is 10.8 Å². The number of nitrogens with one attached hydrogen (secondary N) is 1. The molecule has 0 amide bonds. The Labute approximate surface area is 124 Å². The lowest BCUT2D eigenvalue weighted by atomic mass is 10.0. The summed E-state index contributed by atoms with van der Waals surface area (Å²) < 4.78 is 5.28. The first kappa shape index (κ1) is 13.9. The molecule has 3 heteroatoms. The molecule has 21 heavy (non-hydrogen) atoms. The Kier molecular flexibility index (Phi) is 3.78. The first-order chi connectivity index (χ1) is 10.2. The smallest absolute Gasteiger partial charge is 0.136 e. The van der Waals surface area contributed by atoms with Crippen LogP contribution in [0.15, 0.2) is 65.3 Å². The van der Waals surface area contributed by atoms with Gasteiger partial charge in [-0.1, -0.05) is 42.5 Å². The van der Waals surface area contributed by atoms with E-state index in [4.69, 9.17) is 4.42 Å². The molecular formula is C18H19NO2. The van der Waals surface area contributed by atoms with E-state index in [1.165, 1.54) is 16.3 Å². The number of hydrogen-bond donors (Lipinski definition) is 2. The highest BCUT2D eigenvalue weighted by molar-refractivity contribution is 5.85. The second-order valence-electron chi connectivity index (χ2n) is 5.49. The number of hydrogen-bond acceptors (Lipinski definition) is 3. The first-order valence-electron chi connectivity index (χ1n) is 7.10. The van der Waals surface area contributed by atoms with Crippen molar-refractivity contribution in [2.45, 2.75) is 19.1 Å². The van der Waals surface area contributed by atoms with Gasteiger partial charge in [0.25, 0.3) is 0 Å². The number of fused-ring (bicyclic) bond motifs is 1. The lowest BCUT2D eigenvalue weighted by Crippen LogP contribution is -2.34. The van der Waals surface area contributed by atoms with Gasteiger partial charge in [0.15, 0.2) is 0 Å². The van der Waals surface area contributed by atoms with Crippen molar-refractivity contribution in [2.75, 3.05) is 6.54 Å². The van der Waals surface area contributed by atoms with Crippen molar-refractivity contribution in [1.29, 1.82) is 0 Å². The quantitative estimate of drug-likeness (QED) is 0.753. The Balaban J connectivity index is 1.70. The fraction of sp³-hybridized carbons (Fsp3) is 0.222. The molecule has 0 aliphatic rings. The highest BCUT2D eigenvalue weighted by Crippen LogP contribution is 2.21. The second-order valence-corrected chi connectivity index (χ2v) is 5.49. The zero-order valence-electron chi connectivity index (χ0n) is 12.0. The zero-order valence-corrected chi connectivity index (χ0v) is 12.0. The minimum atomic E-state index is -1.01. The molecule has 2 N–H and O–H groups in total. The molecule has 1 heterocycles. The third-order valence-corrected chi connectivity index (χ3v) is 3.72. The van der Waals surface area contributed by atoms with Crippen molar-refractivity contribution < 1.29 is 9.52 Å². The molecule has 0 saturated carbocycles. The summed E-state index contributed by atoms with van der Waals surface area (Å²) in [6.07, 6.45) is 1.58. The molecule has 0 saturated heterocycles. The molecule has 2 aromatic carbocycles. The van der Waals surface area contributed by atoms with Crippen molar-refractivity contribution in [2.24, 2.45) is 0 Å². The maximum atomic E-state index is 10.4. The normalized spacial score (nSPS) is 14.2. The molecule has 3 aromatic rings. The number of benzene rings is 2. The standard InChI is InChI=1S/C18H19NO2/c1-18(20,17-10-5-11-21-17)13-19-12-15-8-4-7-14-6-2-3-9-16(14)15/h2-11,19-20H,12-13H2,1H3. The fourth-order valence-corrected chi connectivity index (χ4v) is 2.56. The molecule has 1 unspecified atom stereocenters. The molecule has 0 aliphatic heterocycles. The largest absolute Gasteiger partial charge is 0.466 e. The summed E-state index contributed by atoms with van der Waals surface area (Å²) in [6, 6.07) is 18.2. The van der Waals surface area contributed by atoms with Crippen LogP contribution in [0.1, 0.15) is 18.2 Å².